The van der Waals surface area contributed by atoms with Gasteiger partial charge in [0.05, 0.1) is 6.26 Å². The van der Waals surface area contributed by atoms with Crippen LogP contribution in [0.2, 0.25) is 0 Å². The number of oxime groups is 1. The maximum atomic E-state index is 11.4. The molecule has 0 atom stereocenters. The van der Waals surface area contributed by atoms with Crippen molar-refractivity contribution in [3.05, 3.63) is 48.0 Å². The second kappa shape index (κ2) is 4.61. The van der Waals surface area contributed by atoms with Crippen LogP contribution in [0, 0.1) is 0 Å². The Kier molecular flexibility index (Phi) is 3.00. The van der Waals surface area contributed by atoms with Crippen LogP contribution >= 0.6 is 0 Å². The van der Waals surface area contributed by atoms with E-state index in [4.69, 9.17) is 4.42 Å². The van der Waals surface area contributed by atoms with Crippen LogP contribution in [0.25, 0.3) is 0 Å². The van der Waals surface area contributed by atoms with Crippen molar-refractivity contribution < 1.29 is 18.8 Å². The summed E-state index contributed by atoms with van der Waals surface area (Å²) in [7, 11) is 0. The van der Waals surface area contributed by atoms with Crippen LogP contribution in [-0.2, 0) is 9.63 Å². The highest BCUT2D eigenvalue weighted by atomic mass is 16.7. The van der Waals surface area contributed by atoms with E-state index < -0.39 is 5.97 Å². The highest BCUT2D eigenvalue weighted by Crippen LogP contribution is 2.08. The van der Waals surface area contributed by atoms with Crippen LogP contribution in [0.1, 0.15) is 17.5 Å². The summed E-state index contributed by atoms with van der Waals surface area (Å²) in [6.07, 6.45) is 5.63. The average Bonchev–Trinajstić information content (AvgIpc) is 2.81. The molecule has 0 N–H and O–H groups in total. The van der Waals surface area contributed by atoms with Crippen LogP contribution < -0.4 is 0 Å². The van der Waals surface area contributed by atoms with Gasteiger partial charge in [-0.2, -0.15) is 0 Å². The Morgan fingerprint density at radius 1 is 1.41 bits per heavy atom. The van der Waals surface area contributed by atoms with Gasteiger partial charge < -0.3 is 9.25 Å². The second-order valence-corrected chi connectivity index (χ2v) is 3.40. The molecule has 5 heteroatoms. The van der Waals surface area contributed by atoms with Crippen LogP contribution in [-0.4, -0.2) is 17.5 Å². The Bertz CT molecular complexity index is 535. The first kappa shape index (κ1) is 11.1. The van der Waals surface area contributed by atoms with E-state index in [0.717, 1.165) is 0 Å². The lowest BCUT2D eigenvalue weighted by Crippen LogP contribution is -2.08. The molecular formula is C12H9NO4. The standard InChI is InChI=1S/C12H9NO4/c1-8-7-9(14)4-5-10(8)13-17-12(15)11-3-2-6-16-11/h2-7H,1H3. The fourth-order valence-corrected chi connectivity index (χ4v) is 1.26. The number of ketones is 1. The molecule has 0 amide bonds. The van der Waals surface area contributed by atoms with E-state index >= 15 is 0 Å². The maximum Gasteiger partial charge on any atom is 0.400 e. The lowest BCUT2D eigenvalue weighted by molar-refractivity contribution is -0.110. The third-order valence-corrected chi connectivity index (χ3v) is 2.12. The van der Waals surface area contributed by atoms with Gasteiger partial charge in [0.2, 0.25) is 5.76 Å². The SMILES string of the molecule is CC1=CC(=O)C=CC1=NOC(=O)c1ccco1. The lowest BCUT2D eigenvalue weighted by atomic mass is 10.1. The Morgan fingerprint density at radius 3 is 2.88 bits per heavy atom. The zero-order valence-electron chi connectivity index (χ0n) is 9.04. The third-order valence-electron chi connectivity index (χ3n) is 2.12. The van der Waals surface area contributed by atoms with Gasteiger partial charge in [-0.15, -0.1) is 0 Å². The second-order valence-electron chi connectivity index (χ2n) is 3.40. The van der Waals surface area contributed by atoms with Crippen molar-refractivity contribution in [2.45, 2.75) is 6.92 Å². The number of carbonyl (C=O) groups is 2. The molecule has 0 saturated heterocycles. The predicted molar refractivity (Wildman–Crippen MR) is 59.5 cm³/mol. The molecule has 2 rings (SSSR count). The van der Waals surface area contributed by atoms with Gasteiger partial charge in [0.1, 0.15) is 5.71 Å². The minimum Gasteiger partial charge on any atom is -0.457 e. The average molecular weight is 231 g/mol. The molecule has 1 heterocycles. The first-order chi connectivity index (χ1) is 8.16. The Hall–Kier alpha value is -2.43. The molecule has 0 unspecified atom stereocenters. The lowest BCUT2D eigenvalue weighted by Gasteiger charge is -2.04. The molecule has 0 saturated carbocycles. The Labute approximate surface area is 97.0 Å². The number of rotatable bonds is 2. The monoisotopic (exact) mass is 231 g/mol. The van der Waals surface area contributed by atoms with Gasteiger partial charge in [0.15, 0.2) is 5.78 Å². The number of carbonyl (C=O) groups excluding carboxylic acids is 2. The molecule has 0 aromatic carbocycles. The van der Waals surface area contributed by atoms with E-state index in [2.05, 4.69) is 9.99 Å². The van der Waals surface area contributed by atoms with Crippen LogP contribution in [0.15, 0.2) is 51.8 Å². The molecule has 1 aromatic rings. The summed E-state index contributed by atoms with van der Waals surface area (Å²) in [4.78, 5) is 27.1. The molecule has 0 aliphatic heterocycles. The predicted octanol–water partition coefficient (Wildman–Crippen LogP) is 1.88. The van der Waals surface area contributed by atoms with Gasteiger partial charge in [-0.1, -0.05) is 5.16 Å². The highest BCUT2D eigenvalue weighted by molar-refractivity contribution is 6.19. The number of hydrogen-bond donors (Lipinski definition) is 0. The van der Waals surface area contributed by atoms with Gasteiger partial charge in [-0.25, -0.2) is 4.79 Å². The van der Waals surface area contributed by atoms with Crippen LogP contribution in [0.4, 0.5) is 0 Å². The van der Waals surface area contributed by atoms with E-state index in [1.165, 1.54) is 30.6 Å². The normalized spacial score (nSPS) is 17.1. The van der Waals surface area contributed by atoms with E-state index in [9.17, 15) is 9.59 Å². The van der Waals surface area contributed by atoms with Gasteiger partial charge >= 0.3 is 5.97 Å². The van der Waals surface area contributed by atoms with Crippen LogP contribution in [0.5, 0.6) is 0 Å². The highest BCUT2D eigenvalue weighted by Gasteiger charge is 2.12. The zero-order valence-corrected chi connectivity index (χ0v) is 9.04. The summed E-state index contributed by atoms with van der Waals surface area (Å²) in [6.45, 7) is 1.71. The number of hydrogen-bond acceptors (Lipinski definition) is 5. The number of furan rings is 1. The minimum atomic E-state index is -0.680. The first-order valence-corrected chi connectivity index (χ1v) is 4.90. The van der Waals surface area contributed by atoms with Gasteiger partial charge in [-0.05, 0) is 42.9 Å². The molecule has 0 spiro atoms. The summed E-state index contributed by atoms with van der Waals surface area (Å²) in [5, 5.41) is 3.65. The molecule has 86 valence electrons. The van der Waals surface area contributed by atoms with Crippen molar-refractivity contribution in [3.8, 4) is 0 Å². The first-order valence-electron chi connectivity index (χ1n) is 4.90. The summed E-state index contributed by atoms with van der Waals surface area (Å²) in [6, 6.07) is 3.06. The molecule has 0 radical (unpaired) electrons. The number of nitrogens with zero attached hydrogens (tertiary/aromatic N) is 1. The summed E-state index contributed by atoms with van der Waals surface area (Å²) >= 11 is 0. The van der Waals surface area contributed by atoms with E-state index in [-0.39, 0.29) is 11.5 Å². The molecule has 1 aliphatic rings. The fraction of sp³-hybridized carbons (Fsp3) is 0.0833. The van der Waals surface area contributed by atoms with E-state index in [0.29, 0.717) is 11.3 Å². The molecule has 1 aliphatic carbocycles. The summed E-state index contributed by atoms with van der Waals surface area (Å²) in [5.74, 6) is -0.716. The van der Waals surface area contributed by atoms with E-state index in [1.54, 1.807) is 13.0 Å². The van der Waals surface area contributed by atoms with Crippen molar-refractivity contribution in [2.24, 2.45) is 5.16 Å². The molecule has 0 bridgehead atoms. The molecule has 5 nitrogen and oxygen atoms in total. The number of allylic oxidation sites excluding steroid dienone is 4. The Balaban J connectivity index is 2.07. The molecule has 17 heavy (non-hydrogen) atoms. The maximum absolute atomic E-state index is 11.4. The van der Waals surface area contributed by atoms with Gasteiger partial charge in [0.25, 0.3) is 0 Å². The van der Waals surface area contributed by atoms with Crippen molar-refractivity contribution in [3.63, 3.8) is 0 Å². The quantitative estimate of drug-likeness (QED) is 0.442. The van der Waals surface area contributed by atoms with Gasteiger partial charge in [-0.3, -0.25) is 4.79 Å². The largest absolute Gasteiger partial charge is 0.457 e. The van der Waals surface area contributed by atoms with Crippen LogP contribution in [0.3, 0.4) is 0 Å². The summed E-state index contributed by atoms with van der Waals surface area (Å²) in [5.41, 5.74) is 1.08. The van der Waals surface area contributed by atoms with E-state index in [1.807, 2.05) is 0 Å². The van der Waals surface area contributed by atoms with Gasteiger partial charge in [0, 0.05) is 0 Å². The molecule has 1 aromatic heterocycles. The zero-order chi connectivity index (χ0) is 12.3. The van der Waals surface area contributed by atoms with Crippen molar-refractivity contribution in [1.82, 2.24) is 0 Å². The smallest absolute Gasteiger partial charge is 0.400 e. The Morgan fingerprint density at radius 2 is 2.24 bits per heavy atom. The van der Waals surface area contributed by atoms with Crippen molar-refractivity contribution in [1.29, 1.82) is 0 Å². The molecule has 0 fully saturated rings. The third kappa shape index (κ3) is 2.57. The summed E-state index contributed by atoms with van der Waals surface area (Å²) < 4.78 is 4.85. The fourth-order valence-electron chi connectivity index (χ4n) is 1.26. The topological polar surface area (TPSA) is 68.9 Å². The van der Waals surface area contributed by atoms with Crippen molar-refractivity contribution in [2.75, 3.05) is 0 Å². The van der Waals surface area contributed by atoms with Crippen molar-refractivity contribution >= 4 is 17.5 Å². The molecular weight excluding hydrogens is 222 g/mol. The minimum absolute atomic E-state index is 0.0758.